The molecule has 2 aliphatic heterocycles. The summed E-state index contributed by atoms with van der Waals surface area (Å²) in [4.78, 5) is 33.3. The minimum atomic E-state index is -4.68. The lowest BCUT2D eigenvalue weighted by atomic mass is 9.96. The molecule has 1 aliphatic carbocycles. The summed E-state index contributed by atoms with van der Waals surface area (Å²) in [7, 11) is 0. The predicted octanol–water partition coefficient (Wildman–Crippen LogP) is 3.15. The van der Waals surface area contributed by atoms with E-state index in [0.717, 1.165) is 24.2 Å². The zero-order chi connectivity index (χ0) is 25.0. The van der Waals surface area contributed by atoms with Gasteiger partial charge >= 0.3 is 6.18 Å². The second-order valence-electron chi connectivity index (χ2n) is 9.73. The number of ether oxygens (including phenoxy) is 1. The molecular weight excluding hydrogens is 477 g/mol. The summed E-state index contributed by atoms with van der Waals surface area (Å²) in [6, 6.07) is 6.01. The lowest BCUT2D eigenvalue weighted by Gasteiger charge is -2.27. The van der Waals surface area contributed by atoms with Crippen molar-refractivity contribution in [3.63, 3.8) is 0 Å². The number of amides is 2. The van der Waals surface area contributed by atoms with E-state index in [1.54, 1.807) is 28.0 Å². The minimum absolute atomic E-state index is 0.0601. The molecule has 1 saturated carbocycles. The van der Waals surface area contributed by atoms with Gasteiger partial charge in [-0.1, -0.05) is 5.21 Å². The molecule has 12 heteroatoms. The van der Waals surface area contributed by atoms with Crippen molar-refractivity contribution >= 4 is 22.8 Å². The lowest BCUT2D eigenvalue weighted by Crippen LogP contribution is -2.35. The van der Waals surface area contributed by atoms with E-state index in [1.807, 2.05) is 0 Å². The Hall–Kier alpha value is -3.70. The van der Waals surface area contributed by atoms with Crippen LogP contribution in [0.2, 0.25) is 0 Å². The average molecular weight is 500 g/mol. The Bertz CT molecular complexity index is 1320. The number of fused-ring (bicyclic) bond motifs is 2. The third kappa shape index (κ3) is 4.03. The number of halogens is 3. The number of rotatable bonds is 4. The van der Waals surface area contributed by atoms with Crippen LogP contribution >= 0.6 is 0 Å². The SMILES string of the molecule is O=C(c1cnc(OC2CCC2)c(C(F)(F)F)c1)N1CC2CN(C(=O)c3ccc4[nH]nnc4c3)CC2C1. The Morgan fingerprint density at radius 3 is 2.25 bits per heavy atom. The Kier molecular flexibility index (Phi) is 5.34. The molecule has 1 aromatic carbocycles. The number of aromatic amines is 1. The topological polar surface area (TPSA) is 104 Å². The fourth-order valence-corrected chi connectivity index (χ4v) is 5.18. The summed E-state index contributed by atoms with van der Waals surface area (Å²) in [6.45, 7) is 1.70. The van der Waals surface area contributed by atoms with Gasteiger partial charge in [-0.15, -0.1) is 5.10 Å². The first-order valence-electron chi connectivity index (χ1n) is 11.9. The molecule has 9 nitrogen and oxygen atoms in total. The number of aromatic nitrogens is 4. The second-order valence-corrected chi connectivity index (χ2v) is 9.73. The van der Waals surface area contributed by atoms with Gasteiger partial charge < -0.3 is 14.5 Å². The Morgan fingerprint density at radius 2 is 1.64 bits per heavy atom. The highest BCUT2D eigenvalue weighted by molar-refractivity contribution is 5.97. The highest BCUT2D eigenvalue weighted by Gasteiger charge is 2.44. The number of hydrogen-bond acceptors (Lipinski definition) is 6. The molecule has 3 fully saturated rings. The molecule has 3 aromatic rings. The summed E-state index contributed by atoms with van der Waals surface area (Å²) in [5.41, 5.74) is 0.717. The molecular formula is C24H23F3N6O3. The van der Waals surface area contributed by atoms with E-state index in [0.29, 0.717) is 50.1 Å². The van der Waals surface area contributed by atoms with Crippen LogP contribution < -0.4 is 4.74 Å². The van der Waals surface area contributed by atoms with Crippen molar-refractivity contribution in [2.45, 2.75) is 31.5 Å². The minimum Gasteiger partial charge on any atom is -0.474 e. The van der Waals surface area contributed by atoms with E-state index in [2.05, 4.69) is 20.4 Å². The third-order valence-electron chi connectivity index (χ3n) is 7.37. The van der Waals surface area contributed by atoms with Crippen LogP contribution in [-0.4, -0.2) is 74.3 Å². The van der Waals surface area contributed by atoms with Gasteiger partial charge in [-0.3, -0.25) is 14.7 Å². The van der Waals surface area contributed by atoms with Gasteiger partial charge in [0.2, 0.25) is 5.88 Å². The fraction of sp³-hybridized carbons (Fsp3) is 0.458. The number of likely N-dealkylation sites (tertiary alicyclic amines) is 2. The second kappa shape index (κ2) is 8.45. The van der Waals surface area contributed by atoms with Crippen LogP contribution in [0.15, 0.2) is 30.5 Å². The predicted molar refractivity (Wildman–Crippen MR) is 120 cm³/mol. The van der Waals surface area contributed by atoms with Crippen LogP contribution in [0, 0.1) is 11.8 Å². The highest BCUT2D eigenvalue weighted by Crippen LogP contribution is 2.38. The van der Waals surface area contributed by atoms with Crippen LogP contribution in [0.4, 0.5) is 13.2 Å². The number of nitrogens with zero attached hydrogens (tertiary/aromatic N) is 5. The molecule has 2 atom stereocenters. The van der Waals surface area contributed by atoms with E-state index in [-0.39, 0.29) is 29.4 Å². The van der Waals surface area contributed by atoms with E-state index in [4.69, 9.17) is 4.74 Å². The van der Waals surface area contributed by atoms with Gasteiger partial charge in [0.15, 0.2) is 0 Å². The molecule has 6 rings (SSSR count). The van der Waals surface area contributed by atoms with Gasteiger partial charge in [0, 0.05) is 49.8 Å². The van der Waals surface area contributed by atoms with Gasteiger partial charge in [-0.05, 0) is 43.5 Å². The Labute approximate surface area is 203 Å². The molecule has 2 saturated heterocycles. The van der Waals surface area contributed by atoms with E-state index >= 15 is 0 Å². The molecule has 2 aromatic heterocycles. The standard InChI is InChI=1S/C24H23F3N6O3/c25-24(26,27)18-6-14(8-28-21(18)36-17-2-1-3-17)23(35)33-11-15-9-32(10-16(15)12-33)22(34)13-4-5-19-20(7-13)30-31-29-19/h4-8,15-17H,1-3,9-12H2,(H,29,30,31). The molecule has 0 spiro atoms. The monoisotopic (exact) mass is 500 g/mol. The van der Waals surface area contributed by atoms with Crippen molar-refractivity contribution in [3.8, 4) is 5.88 Å². The van der Waals surface area contributed by atoms with E-state index in [9.17, 15) is 22.8 Å². The average Bonchev–Trinajstić information content (AvgIpc) is 3.54. The van der Waals surface area contributed by atoms with Crippen molar-refractivity contribution in [3.05, 3.63) is 47.2 Å². The van der Waals surface area contributed by atoms with Crippen molar-refractivity contribution in [1.29, 1.82) is 0 Å². The number of carbonyl (C=O) groups is 2. The van der Waals surface area contributed by atoms with Crippen LogP contribution in [0.3, 0.4) is 0 Å². The number of carbonyl (C=O) groups excluding carboxylic acids is 2. The molecule has 3 aliphatic rings. The van der Waals surface area contributed by atoms with Gasteiger partial charge in [0.25, 0.3) is 11.8 Å². The van der Waals surface area contributed by atoms with E-state index in [1.165, 1.54) is 0 Å². The number of hydrogen-bond donors (Lipinski definition) is 1. The first-order chi connectivity index (χ1) is 17.3. The zero-order valence-corrected chi connectivity index (χ0v) is 19.2. The fourth-order valence-electron chi connectivity index (χ4n) is 5.18. The maximum atomic E-state index is 13.7. The maximum absolute atomic E-state index is 13.7. The molecule has 0 radical (unpaired) electrons. The molecule has 188 valence electrons. The smallest absolute Gasteiger partial charge is 0.421 e. The van der Waals surface area contributed by atoms with Crippen molar-refractivity contribution < 1.29 is 27.5 Å². The van der Waals surface area contributed by atoms with E-state index < -0.39 is 23.5 Å². The van der Waals surface area contributed by atoms with Crippen LogP contribution in [0.25, 0.3) is 11.0 Å². The summed E-state index contributed by atoms with van der Waals surface area (Å²) in [5.74, 6) is -0.963. The number of alkyl halides is 3. The summed E-state index contributed by atoms with van der Waals surface area (Å²) in [6.07, 6.45) is -1.47. The molecule has 4 heterocycles. The van der Waals surface area contributed by atoms with Gasteiger partial charge in [-0.25, -0.2) is 4.98 Å². The first-order valence-corrected chi connectivity index (χ1v) is 11.9. The number of benzene rings is 1. The molecule has 2 amide bonds. The third-order valence-corrected chi connectivity index (χ3v) is 7.37. The van der Waals surface area contributed by atoms with Gasteiger partial charge in [0.1, 0.15) is 17.2 Å². The summed E-state index contributed by atoms with van der Waals surface area (Å²) in [5, 5.41) is 10.4. The van der Waals surface area contributed by atoms with Crippen LogP contribution in [0.1, 0.15) is 45.5 Å². The quantitative estimate of drug-likeness (QED) is 0.590. The number of H-pyrrole nitrogens is 1. The molecule has 36 heavy (non-hydrogen) atoms. The van der Waals surface area contributed by atoms with Gasteiger partial charge in [-0.2, -0.15) is 13.2 Å². The molecule has 2 unspecified atom stereocenters. The summed E-state index contributed by atoms with van der Waals surface area (Å²) < 4.78 is 46.4. The normalized spacial score (nSPS) is 22.1. The van der Waals surface area contributed by atoms with Crippen molar-refractivity contribution in [2.24, 2.45) is 11.8 Å². The maximum Gasteiger partial charge on any atom is 0.421 e. The van der Waals surface area contributed by atoms with Crippen LogP contribution in [0.5, 0.6) is 5.88 Å². The largest absolute Gasteiger partial charge is 0.474 e. The van der Waals surface area contributed by atoms with Gasteiger partial charge in [0.05, 0.1) is 11.1 Å². The van der Waals surface area contributed by atoms with Crippen molar-refractivity contribution in [1.82, 2.24) is 30.2 Å². The Morgan fingerprint density at radius 1 is 0.972 bits per heavy atom. The van der Waals surface area contributed by atoms with Crippen molar-refractivity contribution in [2.75, 3.05) is 26.2 Å². The lowest BCUT2D eigenvalue weighted by molar-refractivity contribution is -0.140. The number of nitrogens with one attached hydrogen (secondary N) is 1. The van der Waals surface area contributed by atoms with Crippen LogP contribution in [-0.2, 0) is 6.18 Å². The highest BCUT2D eigenvalue weighted by atomic mass is 19.4. The Balaban J connectivity index is 1.13. The first kappa shape index (κ1) is 22.7. The molecule has 1 N–H and O–H groups in total. The number of pyridine rings is 1. The summed E-state index contributed by atoms with van der Waals surface area (Å²) >= 11 is 0. The zero-order valence-electron chi connectivity index (χ0n) is 19.2. The molecule has 0 bridgehead atoms.